The Hall–Kier alpha value is -1.82. The van der Waals surface area contributed by atoms with Crippen molar-refractivity contribution >= 4 is 17.7 Å². The van der Waals surface area contributed by atoms with Crippen LogP contribution in [-0.2, 0) is 0 Å². The first-order chi connectivity index (χ1) is 10.3. The van der Waals surface area contributed by atoms with Crippen LogP contribution in [0, 0.1) is 6.92 Å². The average molecular weight is 302 g/mol. The number of aromatic nitrogens is 3. The van der Waals surface area contributed by atoms with Crippen molar-refractivity contribution in [3.05, 3.63) is 47.5 Å². The van der Waals surface area contributed by atoms with Crippen molar-refractivity contribution in [2.24, 2.45) is 0 Å². The van der Waals surface area contributed by atoms with E-state index in [0.717, 1.165) is 25.3 Å². The molecule has 21 heavy (non-hydrogen) atoms. The van der Waals surface area contributed by atoms with Crippen LogP contribution in [0.25, 0.3) is 0 Å². The number of carbonyl (C=O) groups excluding carboxylic acids is 1. The van der Waals surface area contributed by atoms with Gasteiger partial charge >= 0.3 is 0 Å². The van der Waals surface area contributed by atoms with E-state index in [4.69, 9.17) is 0 Å². The molecule has 1 fully saturated rings. The zero-order valence-corrected chi connectivity index (χ0v) is 12.8. The van der Waals surface area contributed by atoms with Crippen molar-refractivity contribution < 1.29 is 4.79 Å². The molecular weight excluding hydrogens is 284 g/mol. The van der Waals surface area contributed by atoms with Gasteiger partial charge in [-0.25, -0.2) is 4.98 Å². The van der Waals surface area contributed by atoms with Crippen LogP contribution in [0.5, 0.6) is 0 Å². The summed E-state index contributed by atoms with van der Waals surface area (Å²) in [5.74, 6) is 1.21. The Bertz CT molecular complexity index is 614. The summed E-state index contributed by atoms with van der Waals surface area (Å²) in [6, 6.07) is 8.50. The number of H-pyrrole nitrogens is 1. The molecule has 0 spiro atoms. The van der Waals surface area contributed by atoms with Crippen LogP contribution in [-0.4, -0.2) is 44.8 Å². The number of thioether (sulfide) groups is 1. The highest BCUT2D eigenvalue weighted by molar-refractivity contribution is 7.99. The van der Waals surface area contributed by atoms with Gasteiger partial charge in [0.05, 0.1) is 0 Å². The zero-order chi connectivity index (χ0) is 14.7. The number of rotatable bonds is 2. The third kappa shape index (κ3) is 3.10. The second-order valence-electron chi connectivity index (χ2n) is 5.13. The molecule has 5 nitrogen and oxygen atoms in total. The maximum atomic E-state index is 12.3. The Kier molecular flexibility index (Phi) is 4.24. The molecule has 1 atom stereocenters. The largest absolute Gasteiger partial charge is 0.335 e. The van der Waals surface area contributed by atoms with Gasteiger partial charge < -0.3 is 4.90 Å². The van der Waals surface area contributed by atoms with E-state index in [0.29, 0.717) is 11.1 Å². The van der Waals surface area contributed by atoms with Crippen molar-refractivity contribution in [1.29, 1.82) is 0 Å². The number of hydrogen-bond acceptors (Lipinski definition) is 4. The minimum Gasteiger partial charge on any atom is -0.335 e. The van der Waals surface area contributed by atoms with E-state index in [2.05, 4.69) is 46.4 Å². The summed E-state index contributed by atoms with van der Waals surface area (Å²) < 4.78 is 0. The van der Waals surface area contributed by atoms with Crippen molar-refractivity contribution in [3.63, 3.8) is 0 Å². The molecule has 0 bridgehead atoms. The Morgan fingerprint density at radius 1 is 1.38 bits per heavy atom. The fourth-order valence-corrected chi connectivity index (χ4v) is 3.95. The van der Waals surface area contributed by atoms with Crippen molar-refractivity contribution in [1.82, 2.24) is 20.1 Å². The lowest BCUT2D eigenvalue weighted by Crippen LogP contribution is -2.33. The van der Waals surface area contributed by atoms with Crippen LogP contribution in [0.3, 0.4) is 0 Å². The quantitative estimate of drug-likeness (QED) is 0.925. The lowest BCUT2D eigenvalue weighted by molar-refractivity contribution is 0.0755. The molecule has 1 amide bonds. The van der Waals surface area contributed by atoms with Gasteiger partial charge in [0.15, 0.2) is 0 Å². The van der Waals surface area contributed by atoms with Crippen LogP contribution in [0.1, 0.15) is 33.4 Å². The van der Waals surface area contributed by atoms with Crippen LogP contribution in [0.4, 0.5) is 0 Å². The molecule has 110 valence electrons. The van der Waals surface area contributed by atoms with E-state index in [9.17, 15) is 4.79 Å². The molecule has 1 aliphatic heterocycles. The predicted molar refractivity (Wildman–Crippen MR) is 83.3 cm³/mol. The van der Waals surface area contributed by atoms with E-state index >= 15 is 0 Å². The summed E-state index contributed by atoms with van der Waals surface area (Å²) in [7, 11) is 0. The molecule has 1 aromatic heterocycles. The summed E-state index contributed by atoms with van der Waals surface area (Å²) in [5, 5.41) is 6.85. The predicted octanol–water partition coefficient (Wildman–Crippen LogP) is 2.43. The summed E-state index contributed by atoms with van der Waals surface area (Å²) >= 11 is 1.93. The molecular formula is C15H18N4OS. The van der Waals surface area contributed by atoms with Crippen molar-refractivity contribution in [2.75, 3.05) is 18.8 Å². The molecule has 0 saturated carbocycles. The lowest BCUT2D eigenvalue weighted by Gasteiger charge is -2.19. The standard InChI is InChI=1S/C15H18N4OS/c1-11-4-2-3-5-12(11)13-6-7-19(8-9-21-13)15(20)14-16-10-17-18-14/h2-5,10,13H,6-9H2,1H3,(H,16,17,18). The fraction of sp³-hybridized carbons (Fsp3) is 0.400. The lowest BCUT2D eigenvalue weighted by atomic mass is 10.0. The second kappa shape index (κ2) is 6.30. The summed E-state index contributed by atoms with van der Waals surface area (Å²) in [6.45, 7) is 3.66. The highest BCUT2D eigenvalue weighted by Crippen LogP contribution is 2.35. The maximum Gasteiger partial charge on any atom is 0.291 e. The molecule has 6 heteroatoms. The number of nitrogens with zero attached hydrogens (tertiary/aromatic N) is 3. The van der Waals surface area contributed by atoms with Crippen LogP contribution in [0.2, 0.25) is 0 Å². The van der Waals surface area contributed by atoms with Crippen molar-refractivity contribution in [2.45, 2.75) is 18.6 Å². The summed E-state index contributed by atoms with van der Waals surface area (Å²) in [5.41, 5.74) is 2.71. The third-order valence-electron chi connectivity index (χ3n) is 3.78. The normalized spacial score (nSPS) is 19.3. The fourth-order valence-electron chi connectivity index (χ4n) is 2.63. The highest BCUT2D eigenvalue weighted by atomic mass is 32.2. The third-order valence-corrected chi connectivity index (χ3v) is 5.09. The summed E-state index contributed by atoms with van der Waals surface area (Å²) in [6.07, 6.45) is 2.34. The van der Waals surface area contributed by atoms with Gasteiger partial charge in [-0.3, -0.25) is 9.89 Å². The Morgan fingerprint density at radius 3 is 3.00 bits per heavy atom. The molecule has 0 aliphatic carbocycles. The van der Waals surface area contributed by atoms with Gasteiger partial charge in [0.1, 0.15) is 6.33 Å². The average Bonchev–Trinajstić information content (AvgIpc) is 2.92. The Balaban J connectivity index is 1.70. The number of aromatic amines is 1. The number of carbonyl (C=O) groups is 1. The molecule has 1 unspecified atom stereocenters. The molecule has 1 aromatic carbocycles. The smallest absolute Gasteiger partial charge is 0.291 e. The number of amides is 1. The van der Waals surface area contributed by atoms with Crippen LogP contribution in [0.15, 0.2) is 30.6 Å². The van der Waals surface area contributed by atoms with Crippen LogP contribution < -0.4 is 0 Å². The Morgan fingerprint density at radius 2 is 2.24 bits per heavy atom. The van der Waals surface area contributed by atoms with Gasteiger partial charge in [-0.05, 0) is 24.5 Å². The molecule has 1 N–H and O–H groups in total. The van der Waals surface area contributed by atoms with Crippen molar-refractivity contribution in [3.8, 4) is 0 Å². The van der Waals surface area contributed by atoms with E-state index in [-0.39, 0.29) is 5.91 Å². The van der Waals surface area contributed by atoms with E-state index < -0.39 is 0 Å². The van der Waals surface area contributed by atoms with Gasteiger partial charge in [-0.15, -0.1) is 0 Å². The number of nitrogens with one attached hydrogen (secondary N) is 1. The molecule has 1 aliphatic rings. The highest BCUT2D eigenvalue weighted by Gasteiger charge is 2.24. The minimum atomic E-state index is -0.0569. The van der Waals surface area contributed by atoms with Gasteiger partial charge in [0, 0.05) is 24.1 Å². The minimum absolute atomic E-state index is 0.0569. The van der Waals surface area contributed by atoms with Gasteiger partial charge in [-0.1, -0.05) is 24.3 Å². The second-order valence-corrected chi connectivity index (χ2v) is 6.44. The zero-order valence-electron chi connectivity index (χ0n) is 12.0. The van der Waals surface area contributed by atoms with Gasteiger partial charge in [0.25, 0.3) is 5.91 Å². The van der Waals surface area contributed by atoms with Crippen LogP contribution >= 0.6 is 11.8 Å². The molecule has 2 heterocycles. The first-order valence-corrected chi connectivity index (χ1v) is 8.12. The number of benzene rings is 1. The SMILES string of the molecule is Cc1ccccc1C1CCN(C(=O)c2ncn[nH]2)CCS1. The monoisotopic (exact) mass is 302 g/mol. The van der Waals surface area contributed by atoms with E-state index in [1.54, 1.807) is 0 Å². The molecule has 1 saturated heterocycles. The summed E-state index contributed by atoms with van der Waals surface area (Å²) in [4.78, 5) is 18.1. The molecule has 3 rings (SSSR count). The first-order valence-electron chi connectivity index (χ1n) is 7.07. The first kappa shape index (κ1) is 14.1. The molecule has 0 radical (unpaired) electrons. The van der Waals surface area contributed by atoms with Gasteiger partial charge in [0.2, 0.25) is 5.82 Å². The van der Waals surface area contributed by atoms with E-state index in [1.807, 2.05) is 16.7 Å². The number of hydrogen-bond donors (Lipinski definition) is 1. The topological polar surface area (TPSA) is 61.9 Å². The maximum absolute atomic E-state index is 12.3. The van der Waals surface area contributed by atoms with E-state index in [1.165, 1.54) is 17.5 Å². The van der Waals surface area contributed by atoms with Gasteiger partial charge in [-0.2, -0.15) is 16.9 Å². The Labute approximate surface area is 128 Å². The number of aryl methyl sites for hydroxylation is 1. The molecule has 2 aromatic rings.